The maximum atomic E-state index is 5.79. The highest BCUT2D eigenvalue weighted by Crippen LogP contribution is 2.28. The van der Waals surface area contributed by atoms with Gasteiger partial charge in [0.25, 0.3) is 0 Å². The molecule has 1 unspecified atom stereocenters. The van der Waals surface area contributed by atoms with Crippen molar-refractivity contribution in [3.63, 3.8) is 0 Å². The molecule has 1 aromatic carbocycles. The van der Waals surface area contributed by atoms with Gasteiger partial charge >= 0.3 is 0 Å². The molecule has 88 valence electrons. The number of rotatable bonds is 6. The van der Waals surface area contributed by atoms with Gasteiger partial charge in [-0.1, -0.05) is 19.1 Å². The second-order valence-electron chi connectivity index (χ2n) is 4.57. The van der Waals surface area contributed by atoms with Gasteiger partial charge in [-0.15, -0.1) is 0 Å². The van der Waals surface area contributed by atoms with Crippen molar-refractivity contribution < 1.29 is 4.74 Å². The van der Waals surface area contributed by atoms with Crippen molar-refractivity contribution >= 4 is 0 Å². The van der Waals surface area contributed by atoms with E-state index in [1.807, 2.05) is 6.07 Å². The lowest BCUT2D eigenvalue weighted by molar-refractivity contribution is 0.302. The summed E-state index contributed by atoms with van der Waals surface area (Å²) in [5.74, 6) is 1.02. The van der Waals surface area contributed by atoms with Crippen LogP contribution in [0.15, 0.2) is 24.3 Å². The van der Waals surface area contributed by atoms with E-state index in [1.54, 1.807) is 0 Å². The number of ether oxygens (including phenoxy) is 1. The van der Waals surface area contributed by atoms with E-state index in [4.69, 9.17) is 4.74 Å². The van der Waals surface area contributed by atoms with Gasteiger partial charge in [-0.2, -0.15) is 0 Å². The Kier molecular flexibility index (Phi) is 3.83. The highest BCUT2D eigenvalue weighted by molar-refractivity contribution is 5.30. The molecule has 2 nitrogen and oxygen atoms in total. The molecule has 1 N–H and O–H groups in total. The minimum absolute atomic E-state index is 0.405. The summed E-state index contributed by atoms with van der Waals surface area (Å²) in [6, 6.07) is 8.85. The number of hydrogen-bond acceptors (Lipinski definition) is 2. The molecular formula is C14H21NO. The first-order chi connectivity index (χ1) is 7.79. The molecule has 0 aromatic heterocycles. The van der Waals surface area contributed by atoms with E-state index in [-0.39, 0.29) is 0 Å². The van der Waals surface area contributed by atoms with Gasteiger partial charge in [-0.05, 0) is 50.4 Å². The van der Waals surface area contributed by atoms with E-state index in [0.717, 1.165) is 12.3 Å². The van der Waals surface area contributed by atoms with Crippen molar-refractivity contribution in [3.8, 4) is 5.75 Å². The first-order valence-corrected chi connectivity index (χ1v) is 6.29. The quantitative estimate of drug-likeness (QED) is 0.792. The van der Waals surface area contributed by atoms with Crippen molar-refractivity contribution in [1.82, 2.24) is 5.32 Å². The third-order valence-corrected chi connectivity index (χ3v) is 2.89. The Bertz CT molecular complexity index is 333. The molecule has 0 amide bonds. The zero-order valence-corrected chi connectivity index (χ0v) is 10.2. The molecule has 2 heteroatoms. The molecule has 0 radical (unpaired) electrons. The Morgan fingerprint density at radius 3 is 2.94 bits per heavy atom. The highest BCUT2D eigenvalue weighted by atomic mass is 16.5. The van der Waals surface area contributed by atoms with E-state index < -0.39 is 0 Å². The van der Waals surface area contributed by atoms with Gasteiger partial charge in [0.15, 0.2) is 0 Å². The van der Waals surface area contributed by atoms with Crippen LogP contribution in [-0.2, 0) is 0 Å². The molecular weight excluding hydrogens is 198 g/mol. The number of hydrogen-bond donors (Lipinski definition) is 1. The zero-order chi connectivity index (χ0) is 11.4. The summed E-state index contributed by atoms with van der Waals surface area (Å²) >= 11 is 0. The molecule has 1 saturated carbocycles. The van der Waals surface area contributed by atoms with Crippen LogP contribution in [0.3, 0.4) is 0 Å². The fraction of sp³-hybridized carbons (Fsp3) is 0.571. The smallest absolute Gasteiger partial charge is 0.120 e. The largest absolute Gasteiger partial charge is 0.490 e. The second-order valence-corrected chi connectivity index (χ2v) is 4.57. The molecule has 1 atom stereocenters. The Morgan fingerprint density at radius 1 is 1.44 bits per heavy atom. The third kappa shape index (κ3) is 3.24. The van der Waals surface area contributed by atoms with Gasteiger partial charge in [0.1, 0.15) is 5.75 Å². The first kappa shape index (κ1) is 11.5. The first-order valence-electron chi connectivity index (χ1n) is 6.29. The van der Waals surface area contributed by atoms with Gasteiger partial charge in [0.2, 0.25) is 0 Å². The second kappa shape index (κ2) is 5.35. The lowest BCUT2D eigenvalue weighted by Crippen LogP contribution is -2.19. The predicted octanol–water partition coefficient (Wildman–Crippen LogP) is 3.29. The summed E-state index contributed by atoms with van der Waals surface area (Å²) in [6.07, 6.45) is 4.08. The van der Waals surface area contributed by atoms with Gasteiger partial charge in [-0.25, -0.2) is 0 Å². The lowest BCUT2D eigenvalue weighted by Gasteiger charge is -2.14. The maximum absolute atomic E-state index is 5.79. The fourth-order valence-corrected chi connectivity index (χ4v) is 1.71. The Morgan fingerprint density at radius 2 is 2.25 bits per heavy atom. The fourth-order valence-electron chi connectivity index (χ4n) is 1.71. The molecule has 0 heterocycles. The molecule has 0 bridgehead atoms. The van der Waals surface area contributed by atoms with Gasteiger partial charge in [0.05, 0.1) is 6.10 Å². The van der Waals surface area contributed by atoms with Crippen LogP contribution < -0.4 is 10.1 Å². The van der Waals surface area contributed by atoms with Crippen LogP contribution in [-0.4, -0.2) is 12.6 Å². The highest BCUT2D eigenvalue weighted by Gasteiger charge is 2.23. The van der Waals surface area contributed by atoms with Crippen LogP contribution in [0, 0.1) is 0 Å². The molecule has 16 heavy (non-hydrogen) atoms. The lowest BCUT2D eigenvalue weighted by atomic mass is 10.1. The third-order valence-electron chi connectivity index (χ3n) is 2.89. The molecule has 1 aromatic rings. The molecule has 1 aliphatic rings. The summed E-state index contributed by atoms with van der Waals surface area (Å²) in [5, 5.41) is 3.49. The Hall–Kier alpha value is -1.02. The molecule has 0 spiro atoms. The summed E-state index contributed by atoms with van der Waals surface area (Å²) < 4.78 is 5.79. The molecule has 0 saturated heterocycles. The van der Waals surface area contributed by atoms with E-state index in [1.165, 1.54) is 24.8 Å². The van der Waals surface area contributed by atoms with Crippen LogP contribution in [0.1, 0.15) is 44.7 Å². The summed E-state index contributed by atoms with van der Waals surface area (Å²) in [5.41, 5.74) is 1.31. The van der Waals surface area contributed by atoms with Gasteiger partial charge in [-0.3, -0.25) is 0 Å². The van der Waals surface area contributed by atoms with Crippen LogP contribution in [0.4, 0.5) is 0 Å². The minimum atomic E-state index is 0.405. The molecule has 2 rings (SSSR count). The average molecular weight is 219 g/mol. The Labute approximate surface area is 98.0 Å². The minimum Gasteiger partial charge on any atom is -0.490 e. The van der Waals surface area contributed by atoms with E-state index in [0.29, 0.717) is 12.1 Å². The average Bonchev–Trinajstić information content (AvgIpc) is 3.10. The van der Waals surface area contributed by atoms with Crippen molar-refractivity contribution in [2.24, 2.45) is 0 Å². The van der Waals surface area contributed by atoms with Crippen molar-refractivity contribution in [3.05, 3.63) is 29.8 Å². The van der Waals surface area contributed by atoms with Crippen molar-refractivity contribution in [2.45, 2.75) is 45.3 Å². The van der Waals surface area contributed by atoms with Crippen molar-refractivity contribution in [1.29, 1.82) is 0 Å². The molecule has 0 aliphatic heterocycles. The van der Waals surface area contributed by atoms with Gasteiger partial charge < -0.3 is 10.1 Å². The van der Waals surface area contributed by atoms with Crippen LogP contribution >= 0.6 is 0 Å². The monoisotopic (exact) mass is 219 g/mol. The van der Waals surface area contributed by atoms with E-state index >= 15 is 0 Å². The summed E-state index contributed by atoms with van der Waals surface area (Å²) in [6.45, 7) is 5.45. The van der Waals surface area contributed by atoms with Crippen LogP contribution in [0.5, 0.6) is 5.75 Å². The predicted molar refractivity (Wildman–Crippen MR) is 66.8 cm³/mol. The summed E-state index contributed by atoms with van der Waals surface area (Å²) in [4.78, 5) is 0. The van der Waals surface area contributed by atoms with E-state index in [2.05, 4.69) is 37.4 Å². The van der Waals surface area contributed by atoms with Gasteiger partial charge in [0, 0.05) is 6.04 Å². The van der Waals surface area contributed by atoms with E-state index in [9.17, 15) is 0 Å². The standard InChI is InChI=1S/C14H21NO/c1-3-9-15-11(2)12-5-4-6-14(10-12)16-13-7-8-13/h4-6,10-11,13,15H,3,7-9H2,1-2H3. The number of nitrogens with one attached hydrogen (secondary N) is 1. The zero-order valence-electron chi connectivity index (χ0n) is 10.2. The van der Waals surface area contributed by atoms with Crippen LogP contribution in [0.2, 0.25) is 0 Å². The summed E-state index contributed by atoms with van der Waals surface area (Å²) in [7, 11) is 0. The topological polar surface area (TPSA) is 21.3 Å². The normalized spacial score (nSPS) is 17.1. The molecule has 1 aliphatic carbocycles. The number of benzene rings is 1. The SMILES string of the molecule is CCCNC(C)c1cccc(OC2CC2)c1. The van der Waals surface area contributed by atoms with Crippen LogP contribution in [0.25, 0.3) is 0 Å². The Balaban J connectivity index is 1.96. The molecule has 1 fully saturated rings. The maximum Gasteiger partial charge on any atom is 0.120 e. The van der Waals surface area contributed by atoms with Crippen molar-refractivity contribution in [2.75, 3.05) is 6.54 Å².